The Hall–Kier alpha value is -1.88. The lowest BCUT2D eigenvalue weighted by molar-refractivity contribution is 0.441. The van der Waals surface area contributed by atoms with Crippen LogP contribution in [0.2, 0.25) is 0 Å². The van der Waals surface area contributed by atoms with Gasteiger partial charge in [-0.3, -0.25) is 5.10 Å². The molecule has 2 aromatic heterocycles. The van der Waals surface area contributed by atoms with E-state index in [4.69, 9.17) is 4.42 Å². The molecule has 0 saturated heterocycles. The standard InChI is InChI=1S/C15H20N4O/c1-2-5-12(6-3-1)11-16-9-8-14-17-15(19-18-14)13-7-4-10-20-13/h1-2,4,7,10,12,16H,3,5-6,8-9,11H2,(H,17,18,19)/t12-/m1/s1. The maximum atomic E-state index is 5.27. The Morgan fingerprint density at radius 1 is 1.40 bits per heavy atom. The van der Waals surface area contributed by atoms with Gasteiger partial charge in [-0.25, -0.2) is 4.98 Å². The summed E-state index contributed by atoms with van der Waals surface area (Å²) in [5.74, 6) is 3.01. The fourth-order valence-corrected chi connectivity index (χ4v) is 2.48. The highest BCUT2D eigenvalue weighted by atomic mass is 16.3. The van der Waals surface area contributed by atoms with E-state index in [0.717, 1.165) is 31.3 Å². The minimum absolute atomic E-state index is 0.627. The van der Waals surface area contributed by atoms with Gasteiger partial charge in [0.25, 0.3) is 0 Å². The molecule has 2 N–H and O–H groups in total. The summed E-state index contributed by atoms with van der Waals surface area (Å²) in [6.07, 6.45) is 10.8. The van der Waals surface area contributed by atoms with Crippen LogP contribution in [0.5, 0.6) is 0 Å². The lowest BCUT2D eigenvalue weighted by Gasteiger charge is -2.17. The normalized spacial score (nSPS) is 18.5. The average molecular weight is 272 g/mol. The minimum atomic E-state index is 0.627. The Balaban J connectivity index is 1.41. The highest BCUT2D eigenvalue weighted by molar-refractivity contribution is 5.45. The highest BCUT2D eigenvalue weighted by Crippen LogP contribution is 2.17. The quantitative estimate of drug-likeness (QED) is 0.626. The molecule has 0 fully saturated rings. The first-order chi connectivity index (χ1) is 9.92. The van der Waals surface area contributed by atoms with Crippen LogP contribution in [0.25, 0.3) is 11.6 Å². The molecule has 106 valence electrons. The number of nitrogens with one attached hydrogen (secondary N) is 2. The van der Waals surface area contributed by atoms with Crippen molar-refractivity contribution in [3.05, 3.63) is 36.4 Å². The molecule has 0 amide bonds. The lowest BCUT2D eigenvalue weighted by Crippen LogP contribution is -2.25. The molecule has 1 atom stereocenters. The van der Waals surface area contributed by atoms with Gasteiger partial charge < -0.3 is 9.73 Å². The summed E-state index contributed by atoms with van der Waals surface area (Å²) in [5, 5.41) is 10.6. The summed E-state index contributed by atoms with van der Waals surface area (Å²) in [5.41, 5.74) is 0. The van der Waals surface area contributed by atoms with Gasteiger partial charge in [-0.1, -0.05) is 12.2 Å². The van der Waals surface area contributed by atoms with Gasteiger partial charge in [0, 0.05) is 13.0 Å². The van der Waals surface area contributed by atoms with Crippen molar-refractivity contribution in [2.45, 2.75) is 25.7 Å². The van der Waals surface area contributed by atoms with E-state index in [0.29, 0.717) is 11.6 Å². The second-order valence-electron chi connectivity index (χ2n) is 5.19. The number of allylic oxidation sites excluding steroid dienone is 2. The van der Waals surface area contributed by atoms with Crippen LogP contribution in [-0.2, 0) is 6.42 Å². The number of rotatable bonds is 6. The molecular formula is C15H20N4O. The molecule has 0 saturated carbocycles. The monoisotopic (exact) mass is 272 g/mol. The molecule has 2 heterocycles. The van der Waals surface area contributed by atoms with Gasteiger partial charge in [0.2, 0.25) is 5.82 Å². The van der Waals surface area contributed by atoms with E-state index in [9.17, 15) is 0 Å². The summed E-state index contributed by atoms with van der Waals surface area (Å²) in [6, 6.07) is 3.70. The SMILES string of the molecule is C1=CC[C@@H](CNCCc2nc(-c3ccco3)n[nH]2)CC1. The third kappa shape index (κ3) is 3.36. The number of nitrogens with zero attached hydrogens (tertiary/aromatic N) is 2. The van der Waals surface area contributed by atoms with Crippen LogP contribution >= 0.6 is 0 Å². The van der Waals surface area contributed by atoms with Crippen LogP contribution in [0.15, 0.2) is 35.0 Å². The Morgan fingerprint density at radius 3 is 3.20 bits per heavy atom. The van der Waals surface area contributed by atoms with Gasteiger partial charge in [0.1, 0.15) is 5.82 Å². The van der Waals surface area contributed by atoms with Crippen LogP contribution in [-0.4, -0.2) is 28.3 Å². The molecule has 1 aliphatic rings. The van der Waals surface area contributed by atoms with Crippen molar-refractivity contribution in [3.8, 4) is 11.6 Å². The van der Waals surface area contributed by atoms with Crippen molar-refractivity contribution in [2.75, 3.05) is 13.1 Å². The third-order valence-corrected chi connectivity index (χ3v) is 3.62. The first kappa shape index (κ1) is 13.1. The molecular weight excluding hydrogens is 252 g/mol. The van der Waals surface area contributed by atoms with Gasteiger partial charge in [-0.15, -0.1) is 0 Å². The largest absolute Gasteiger partial charge is 0.461 e. The summed E-state index contributed by atoms with van der Waals surface area (Å²) >= 11 is 0. The third-order valence-electron chi connectivity index (χ3n) is 3.62. The van der Waals surface area contributed by atoms with Gasteiger partial charge in [0.05, 0.1) is 6.26 Å². The Morgan fingerprint density at radius 2 is 2.40 bits per heavy atom. The molecule has 0 aliphatic heterocycles. The van der Waals surface area contributed by atoms with Gasteiger partial charge in [-0.2, -0.15) is 5.10 Å². The fraction of sp³-hybridized carbons (Fsp3) is 0.467. The summed E-state index contributed by atoms with van der Waals surface area (Å²) in [4.78, 5) is 4.43. The van der Waals surface area contributed by atoms with Gasteiger partial charge in [-0.05, 0) is 43.9 Å². The number of hydrogen-bond donors (Lipinski definition) is 2. The van der Waals surface area contributed by atoms with E-state index in [2.05, 4.69) is 32.7 Å². The van der Waals surface area contributed by atoms with Gasteiger partial charge in [0.15, 0.2) is 5.76 Å². The predicted molar refractivity (Wildman–Crippen MR) is 77.1 cm³/mol. The van der Waals surface area contributed by atoms with E-state index in [-0.39, 0.29) is 0 Å². The van der Waals surface area contributed by atoms with Crippen molar-refractivity contribution < 1.29 is 4.42 Å². The molecule has 0 spiro atoms. The Bertz CT molecular complexity index is 544. The number of H-pyrrole nitrogens is 1. The fourth-order valence-electron chi connectivity index (χ4n) is 2.48. The van der Waals surface area contributed by atoms with Crippen LogP contribution in [0.4, 0.5) is 0 Å². The van der Waals surface area contributed by atoms with E-state index < -0.39 is 0 Å². The number of aromatic nitrogens is 3. The van der Waals surface area contributed by atoms with Crippen LogP contribution in [0.3, 0.4) is 0 Å². The summed E-state index contributed by atoms with van der Waals surface area (Å²) in [6.45, 7) is 2.01. The first-order valence-corrected chi connectivity index (χ1v) is 7.22. The van der Waals surface area contributed by atoms with Crippen LogP contribution in [0, 0.1) is 5.92 Å². The average Bonchev–Trinajstić information content (AvgIpc) is 3.15. The zero-order valence-corrected chi connectivity index (χ0v) is 11.5. The number of aromatic amines is 1. The van der Waals surface area contributed by atoms with Gasteiger partial charge >= 0.3 is 0 Å². The van der Waals surface area contributed by atoms with E-state index in [1.807, 2.05) is 12.1 Å². The second kappa shape index (κ2) is 6.52. The molecule has 5 heteroatoms. The summed E-state index contributed by atoms with van der Waals surface area (Å²) in [7, 11) is 0. The zero-order chi connectivity index (χ0) is 13.6. The molecule has 1 aliphatic carbocycles. The van der Waals surface area contributed by atoms with Crippen molar-refractivity contribution >= 4 is 0 Å². The Kier molecular flexibility index (Phi) is 4.28. The van der Waals surface area contributed by atoms with Crippen molar-refractivity contribution in [1.82, 2.24) is 20.5 Å². The molecule has 2 aromatic rings. The molecule has 0 bridgehead atoms. The van der Waals surface area contributed by atoms with Crippen molar-refractivity contribution in [1.29, 1.82) is 0 Å². The molecule has 0 unspecified atom stereocenters. The minimum Gasteiger partial charge on any atom is -0.461 e. The van der Waals surface area contributed by atoms with E-state index in [1.165, 1.54) is 19.3 Å². The molecule has 0 aromatic carbocycles. The Labute approximate surface area is 118 Å². The number of furan rings is 1. The van der Waals surface area contributed by atoms with E-state index in [1.54, 1.807) is 6.26 Å². The molecule has 20 heavy (non-hydrogen) atoms. The van der Waals surface area contributed by atoms with Crippen LogP contribution in [0.1, 0.15) is 25.1 Å². The smallest absolute Gasteiger partial charge is 0.216 e. The zero-order valence-electron chi connectivity index (χ0n) is 11.5. The molecule has 0 radical (unpaired) electrons. The van der Waals surface area contributed by atoms with Crippen LogP contribution < -0.4 is 5.32 Å². The maximum absolute atomic E-state index is 5.27. The predicted octanol–water partition coefficient (Wildman–Crippen LogP) is 2.55. The first-order valence-electron chi connectivity index (χ1n) is 7.22. The molecule has 3 rings (SSSR count). The topological polar surface area (TPSA) is 66.7 Å². The maximum Gasteiger partial charge on any atom is 0.216 e. The second-order valence-corrected chi connectivity index (χ2v) is 5.19. The van der Waals surface area contributed by atoms with Crippen molar-refractivity contribution in [2.24, 2.45) is 5.92 Å². The lowest BCUT2D eigenvalue weighted by atomic mass is 9.94. The van der Waals surface area contributed by atoms with E-state index >= 15 is 0 Å². The highest BCUT2D eigenvalue weighted by Gasteiger charge is 2.10. The number of hydrogen-bond acceptors (Lipinski definition) is 4. The van der Waals surface area contributed by atoms with Crippen molar-refractivity contribution in [3.63, 3.8) is 0 Å². The summed E-state index contributed by atoms with van der Waals surface area (Å²) < 4.78 is 5.27. The molecule has 5 nitrogen and oxygen atoms in total.